The van der Waals surface area contributed by atoms with Gasteiger partial charge in [0, 0.05) is 5.56 Å². The van der Waals surface area contributed by atoms with Crippen LogP contribution in [0.3, 0.4) is 0 Å². The summed E-state index contributed by atoms with van der Waals surface area (Å²) in [6.45, 7) is 3.25. The van der Waals surface area contributed by atoms with E-state index in [4.69, 9.17) is 25.8 Å². The van der Waals surface area contributed by atoms with Crippen molar-refractivity contribution in [1.82, 2.24) is 4.90 Å². The highest BCUT2D eigenvalue weighted by Gasteiger charge is 2.37. The first-order valence-electron chi connectivity index (χ1n) is 10.7. The molecule has 35 heavy (non-hydrogen) atoms. The number of hydrogen-bond donors (Lipinski definition) is 0. The fraction of sp³-hybridized carbons (Fsp3) is 0.280. The van der Waals surface area contributed by atoms with Gasteiger partial charge in [-0.2, -0.15) is 5.26 Å². The van der Waals surface area contributed by atoms with Gasteiger partial charge in [-0.3, -0.25) is 19.3 Å². The van der Waals surface area contributed by atoms with Crippen molar-refractivity contribution in [1.29, 1.82) is 5.26 Å². The van der Waals surface area contributed by atoms with E-state index in [2.05, 4.69) is 6.07 Å². The molecule has 1 aliphatic rings. The summed E-state index contributed by atoms with van der Waals surface area (Å²) in [6, 6.07) is 12.3. The van der Waals surface area contributed by atoms with Gasteiger partial charge in [-0.05, 0) is 54.9 Å². The van der Waals surface area contributed by atoms with Crippen molar-refractivity contribution in [3.8, 4) is 17.6 Å². The van der Waals surface area contributed by atoms with Crippen LogP contribution in [0.1, 0.15) is 37.0 Å². The lowest BCUT2D eigenvalue weighted by Crippen LogP contribution is -2.35. The minimum absolute atomic E-state index is 0.102. The number of methoxy groups -OCH3 is 1. The monoisotopic (exact) mass is 514 g/mol. The predicted molar refractivity (Wildman–Crippen MR) is 132 cm³/mol. The highest BCUT2D eigenvalue weighted by Crippen LogP contribution is 2.39. The van der Waals surface area contributed by atoms with Crippen molar-refractivity contribution in [2.45, 2.75) is 33.0 Å². The predicted octanol–water partition coefficient (Wildman–Crippen LogP) is 5.18. The molecule has 0 saturated carbocycles. The first-order valence-corrected chi connectivity index (χ1v) is 11.9. The molecule has 0 radical (unpaired) electrons. The Kier molecular flexibility index (Phi) is 8.79. The van der Waals surface area contributed by atoms with Crippen molar-refractivity contribution in [3.63, 3.8) is 0 Å². The number of amides is 2. The van der Waals surface area contributed by atoms with Crippen LogP contribution in [-0.2, 0) is 20.9 Å². The van der Waals surface area contributed by atoms with Crippen LogP contribution in [0, 0.1) is 11.3 Å². The van der Waals surface area contributed by atoms with Crippen LogP contribution < -0.4 is 9.47 Å². The number of carbonyl (C=O) groups is 3. The zero-order valence-corrected chi connectivity index (χ0v) is 20.9. The van der Waals surface area contributed by atoms with E-state index >= 15 is 0 Å². The number of halogens is 1. The SMILES string of the molecule is CC[C@H](C)OC(=O)CN1C(=O)S/C(=C\c2cc(Cl)c(OCc3ccccc3C#N)c(OC)c2)C1=O. The van der Waals surface area contributed by atoms with Crippen LogP contribution in [0.2, 0.25) is 5.02 Å². The third-order valence-corrected chi connectivity index (χ3v) is 6.32. The Bertz CT molecular complexity index is 1220. The van der Waals surface area contributed by atoms with Gasteiger partial charge in [0.15, 0.2) is 11.5 Å². The summed E-state index contributed by atoms with van der Waals surface area (Å²) in [5.74, 6) is -0.647. The smallest absolute Gasteiger partial charge is 0.326 e. The Morgan fingerprint density at radius 2 is 2.03 bits per heavy atom. The quantitative estimate of drug-likeness (QED) is 0.333. The van der Waals surface area contributed by atoms with Crippen LogP contribution >= 0.6 is 23.4 Å². The van der Waals surface area contributed by atoms with Crippen LogP contribution in [-0.4, -0.2) is 41.8 Å². The van der Waals surface area contributed by atoms with Gasteiger partial charge < -0.3 is 14.2 Å². The molecule has 3 rings (SSSR count). The number of ether oxygens (including phenoxy) is 3. The van der Waals surface area contributed by atoms with Crippen LogP contribution in [0.15, 0.2) is 41.3 Å². The van der Waals surface area contributed by atoms with E-state index in [0.29, 0.717) is 28.9 Å². The number of esters is 1. The van der Waals surface area contributed by atoms with Gasteiger partial charge in [0.25, 0.3) is 11.1 Å². The Morgan fingerprint density at radius 3 is 2.71 bits per heavy atom. The van der Waals surface area contributed by atoms with E-state index in [9.17, 15) is 19.6 Å². The van der Waals surface area contributed by atoms with Gasteiger partial charge in [0.1, 0.15) is 13.2 Å². The fourth-order valence-corrected chi connectivity index (χ4v) is 4.24. The average molecular weight is 515 g/mol. The second kappa shape index (κ2) is 11.8. The molecule has 1 saturated heterocycles. The summed E-state index contributed by atoms with van der Waals surface area (Å²) in [5.41, 5.74) is 1.69. The molecule has 1 atom stereocenters. The molecule has 2 amide bonds. The largest absolute Gasteiger partial charge is 0.493 e. The maximum absolute atomic E-state index is 12.7. The molecule has 1 aliphatic heterocycles. The number of rotatable bonds is 9. The summed E-state index contributed by atoms with van der Waals surface area (Å²) in [7, 11) is 1.45. The number of hydrogen-bond acceptors (Lipinski definition) is 8. The molecule has 8 nitrogen and oxygen atoms in total. The van der Waals surface area contributed by atoms with Crippen molar-refractivity contribution >= 4 is 46.6 Å². The van der Waals surface area contributed by atoms with E-state index in [1.807, 2.05) is 6.92 Å². The molecule has 0 aliphatic carbocycles. The van der Waals surface area contributed by atoms with Crippen molar-refractivity contribution in [3.05, 3.63) is 63.0 Å². The van der Waals surface area contributed by atoms with E-state index < -0.39 is 23.7 Å². The van der Waals surface area contributed by atoms with E-state index in [-0.39, 0.29) is 28.4 Å². The van der Waals surface area contributed by atoms with Gasteiger partial charge >= 0.3 is 5.97 Å². The number of imide groups is 1. The van der Waals surface area contributed by atoms with E-state index in [1.54, 1.807) is 43.3 Å². The lowest BCUT2D eigenvalue weighted by atomic mass is 10.1. The molecule has 10 heteroatoms. The normalized spacial score (nSPS) is 15.2. The first-order chi connectivity index (χ1) is 16.8. The molecule has 0 unspecified atom stereocenters. The molecule has 0 bridgehead atoms. The molecule has 2 aromatic rings. The van der Waals surface area contributed by atoms with E-state index in [0.717, 1.165) is 16.7 Å². The minimum Gasteiger partial charge on any atom is -0.493 e. The molecule has 0 aromatic heterocycles. The minimum atomic E-state index is -0.646. The highest BCUT2D eigenvalue weighted by atomic mass is 35.5. The number of thioether (sulfide) groups is 1. The van der Waals surface area contributed by atoms with Crippen molar-refractivity contribution in [2.24, 2.45) is 0 Å². The van der Waals surface area contributed by atoms with Gasteiger partial charge in [-0.25, -0.2) is 0 Å². The van der Waals surface area contributed by atoms with Crippen LogP contribution in [0.5, 0.6) is 11.5 Å². The van der Waals surface area contributed by atoms with Crippen molar-refractivity contribution in [2.75, 3.05) is 13.7 Å². The second-order valence-electron chi connectivity index (χ2n) is 7.57. The highest BCUT2D eigenvalue weighted by molar-refractivity contribution is 8.18. The zero-order valence-electron chi connectivity index (χ0n) is 19.4. The average Bonchev–Trinajstić information content (AvgIpc) is 3.10. The molecule has 0 spiro atoms. The third kappa shape index (κ3) is 6.35. The Balaban J connectivity index is 1.78. The fourth-order valence-electron chi connectivity index (χ4n) is 3.13. The maximum Gasteiger partial charge on any atom is 0.326 e. The topological polar surface area (TPSA) is 106 Å². The van der Waals surface area contributed by atoms with Gasteiger partial charge in [-0.1, -0.05) is 36.7 Å². The van der Waals surface area contributed by atoms with Gasteiger partial charge in [-0.15, -0.1) is 0 Å². The second-order valence-corrected chi connectivity index (χ2v) is 8.97. The molecule has 1 fully saturated rings. The molecular formula is C25H23ClN2O6S. The lowest BCUT2D eigenvalue weighted by Gasteiger charge is -2.15. The Hall–Kier alpha value is -3.48. The Morgan fingerprint density at radius 1 is 1.29 bits per heavy atom. The molecule has 182 valence electrons. The van der Waals surface area contributed by atoms with Crippen molar-refractivity contribution < 1.29 is 28.6 Å². The van der Waals surface area contributed by atoms with Crippen LogP contribution in [0.4, 0.5) is 4.79 Å². The maximum atomic E-state index is 12.7. The summed E-state index contributed by atoms with van der Waals surface area (Å²) in [4.78, 5) is 38.1. The standard InChI is InChI=1S/C25H23ClN2O6S/c1-4-15(2)34-22(29)13-28-24(30)21(35-25(28)31)11-16-9-19(26)23(20(10-16)32-3)33-14-18-8-6-5-7-17(18)12-27/h5-11,15H,4,13-14H2,1-3H3/b21-11-/t15-/m0/s1. The van der Waals surface area contributed by atoms with E-state index in [1.165, 1.54) is 13.2 Å². The summed E-state index contributed by atoms with van der Waals surface area (Å²) < 4.78 is 16.4. The number of nitrogens with zero attached hydrogens (tertiary/aromatic N) is 2. The Labute approximate surface area is 212 Å². The number of nitriles is 1. The van der Waals surface area contributed by atoms with Crippen LogP contribution in [0.25, 0.3) is 6.08 Å². The summed E-state index contributed by atoms with van der Waals surface area (Å²) in [5, 5.41) is 8.92. The molecule has 1 heterocycles. The molecule has 0 N–H and O–H groups in total. The molecule has 2 aromatic carbocycles. The van der Waals surface area contributed by atoms with Gasteiger partial charge in [0.2, 0.25) is 0 Å². The number of carbonyl (C=O) groups excluding carboxylic acids is 3. The third-order valence-electron chi connectivity index (χ3n) is 5.13. The summed E-state index contributed by atoms with van der Waals surface area (Å²) >= 11 is 7.16. The summed E-state index contributed by atoms with van der Waals surface area (Å²) in [6.07, 6.45) is 1.82. The molecular weight excluding hydrogens is 492 g/mol. The number of benzene rings is 2. The lowest BCUT2D eigenvalue weighted by molar-refractivity contribution is -0.150. The van der Waals surface area contributed by atoms with Gasteiger partial charge in [0.05, 0.1) is 34.8 Å². The zero-order chi connectivity index (χ0) is 25.5. The first kappa shape index (κ1) is 26.1.